The highest BCUT2D eigenvalue weighted by atomic mass is 15.6. The molecule has 1 unspecified atom stereocenters. The highest BCUT2D eigenvalue weighted by molar-refractivity contribution is 5.86. The second kappa shape index (κ2) is 7.35. The molecule has 1 aromatic heterocycles. The molecule has 0 aliphatic heterocycles. The second-order valence-electron chi connectivity index (χ2n) is 6.40. The summed E-state index contributed by atoms with van der Waals surface area (Å²) in [4.78, 5) is 4.33. The molecule has 0 fully saturated rings. The van der Waals surface area contributed by atoms with Crippen LogP contribution in [0.3, 0.4) is 0 Å². The average Bonchev–Trinajstić information content (AvgIpc) is 3.23. The number of fused-ring (bicyclic) bond motifs is 1. The quantitative estimate of drug-likeness (QED) is 0.722. The van der Waals surface area contributed by atoms with E-state index in [2.05, 4.69) is 58.1 Å². The molecule has 0 saturated heterocycles. The summed E-state index contributed by atoms with van der Waals surface area (Å²) in [5.41, 5.74) is 8.37. The number of anilines is 2. The van der Waals surface area contributed by atoms with Crippen molar-refractivity contribution in [2.45, 2.75) is 32.7 Å². The molecule has 0 spiro atoms. The predicted molar refractivity (Wildman–Crippen MR) is 106 cm³/mol. The van der Waals surface area contributed by atoms with Crippen molar-refractivity contribution in [1.29, 1.82) is 0 Å². The van der Waals surface area contributed by atoms with Crippen LogP contribution < -0.4 is 16.1 Å². The van der Waals surface area contributed by atoms with E-state index in [-0.39, 0.29) is 0 Å². The number of nitrogens with zero attached hydrogens (tertiary/aromatic N) is 3. The van der Waals surface area contributed by atoms with Crippen LogP contribution in [0.25, 0.3) is 11.1 Å². The summed E-state index contributed by atoms with van der Waals surface area (Å²) in [5, 5.41) is 11.1. The van der Waals surface area contributed by atoms with Crippen molar-refractivity contribution >= 4 is 11.6 Å². The molecule has 25 heavy (non-hydrogen) atoms. The van der Waals surface area contributed by atoms with Gasteiger partial charge in [0.25, 0.3) is 0 Å². The number of benzene rings is 1. The van der Waals surface area contributed by atoms with E-state index in [9.17, 15) is 0 Å². The van der Waals surface area contributed by atoms with Gasteiger partial charge in [-0.2, -0.15) is 4.79 Å². The van der Waals surface area contributed by atoms with Crippen LogP contribution in [-0.4, -0.2) is 49.0 Å². The highest BCUT2D eigenvalue weighted by Gasteiger charge is 2.28. The summed E-state index contributed by atoms with van der Waals surface area (Å²) in [5.74, 6) is 1.83. The molecular weight excluding hydrogens is 312 g/mol. The molecular formula is C19H30N6. The summed E-state index contributed by atoms with van der Waals surface area (Å²) < 4.78 is 0. The van der Waals surface area contributed by atoms with E-state index in [1.807, 2.05) is 21.1 Å². The molecule has 6 heteroatoms. The minimum absolute atomic E-state index is 0.528. The first-order valence-electron chi connectivity index (χ1n) is 9.21. The van der Waals surface area contributed by atoms with Crippen molar-refractivity contribution in [3.63, 3.8) is 0 Å². The fourth-order valence-corrected chi connectivity index (χ4v) is 4.04. The predicted octanol–water partition coefficient (Wildman–Crippen LogP) is 3.14. The number of rotatable bonds is 7. The highest BCUT2D eigenvalue weighted by Crippen LogP contribution is 2.41. The normalized spacial score (nSPS) is 16.2. The third kappa shape index (κ3) is 2.95. The van der Waals surface area contributed by atoms with Gasteiger partial charge in [-0.25, -0.2) is 0 Å². The van der Waals surface area contributed by atoms with Crippen molar-refractivity contribution in [2.75, 3.05) is 50.3 Å². The Morgan fingerprint density at radius 1 is 1.16 bits per heavy atom. The van der Waals surface area contributed by atoms with Gasteiger partial charge in [-0.3, -0.25) is 4.90 Å². The van der Waals surface area contributed by atoms with Crippen molar-refractivity contribution in [1.82, 2.24) is 14.8 Å². The van der Waals surface area contributed by atoms with Gasteiger partial charge in [-0.05, 0) is 48.7 Å². The van der Waals surface area contributed by atoms with E-state index in [4.69, 9.17) is 0 Å². The van der Waals surface area contributed by atoms with Crippen molar-refractivity contribution < 1.29 is 0 Å². The fraction of sp³-hybridized carbons (Fsp3) is 0.526. The largest absolute Gasteiger partial charge is 0.371 e. The maximum atomic E-state index is 4.60. The lowest BCUT2D eigenvalue weighted by molar-refractivity contribution is 0.218. The molecule has 0 bridgehead atoms. The Hall–Kier alpha value is -2.21. The Morgan fingerprint density at radius 3 is 2.52 bits per heavy atom. The van der Waals surface area contributed by atoms with Crippen LogP contribution in [0, 0.1) is 0 Å². The standard InChI is InChI=1S/C19H30N6/c1-6-24(7-2)16-11-10-13-8-9-14(12-15(13)16)17-18(20-3)23-25(22-5)19(17)21-4/h8-9,12,16,21-22H,6-7,10-11H2,1-5H3,(H,20,23). The van der Waals surface area contributed by atoms with Crippen LogP contribution in [0.1, 0.15) is 37.4 Å². The minimum atomic E-state index is 0.528. The summed E-state index contributed by atoms with van der Waals surface area (Å²) in [6.07, 6.45) is 2.39. The number of nitrogens with one attached hydrogen (secondary N) is 3. The van der Waals surface area contributed by atoms with Gasteiger partial charge in [0.2, 0.25) is 0 Å². The van der Waals surface area contributed by atoms with Gasteiger partial charge in [0.15, 0.2) is 11.6 Å². The van der Waals surface area contributed by atoms with Crippen LogP contribution in [-0.2, 0) is 6.42 Å². The lowest BCUT2D eigenvalue weighted by Crippen LogP contribution is -2.26. The van der Waals surface area contributed by atoms with Crippen LogP contribution in [0.5, 0.6) is 0 Å². The molecule has 6 nitrogen and oxygen atoms in total. The second-order valence-corrected chi connectivity index (χ2v) is 6.40. The fourth-order valence-electron chi connectivity index (χ4n) is 4.04. The summed E-state index contributed by atoms with van der Waals surface area (Å²) in [6, 6.07) is 7.41. The molecule has 1 atom stereocenters. The average molecular weight is 342 g/mol. The Balaban J connectivity index is 2.09. The zero-order valence-electron chi connectivity index (χ0n) is 16.0. The molecule has 1 aliphatic carbocycles. The maximum Gasteiger partial charge on any atom is 0.160 e. The SMILES string of the molecule is CCN(CC)C1CCc2ccc(-c3c(NC)nn(NC)c3NC)cc21. The monoisotopic (exact) mass is 342 g/mol. The molecule has 0 saturated carbocycles. The van der Waals surface area contributed by atoms with Crippen LogP contribution in [0.4, 0.5) is 11.6 Å². The molecule has 136 valence electrons. The third-order valence-corrected chi connectivity index (χ3v) is 5.30. The van der Waals surface area contributed by atoms with E-state index in [0.29, 0.717) is 6.04 Å². The molecule has 1 heterocycles. The van der Waals surface area contributed by atoms with Gasteiger partial charge in [0.1, 0.15) is 0 Å². The zero-order valence-corrected chi connectivity index (χ0v) is 16.0. The van der Waals surface area contributed by atoms with Crippen LogP contribution >= 0.6 is 0 Å². The molecule has 3 N–H and O–H groups in total. The lowest BCUT2D eigenvalue weighted by atomic mass is 9.99. The van der Waals surface area contributed by atoms with Gasteiger partial charge in [-0.15, -0.1) is 5.10 Å². The molecule has 0 amide bonds. The molecule has 1 aliphatic rings. The van der Waals surface area contributed by atoms with E-state index in [1.165, 1.54) is 29.5 Å². The molecule has 1 aromatic carbocycles. The van der Waals surface area contributed by atoms with E-state index < -0.39 is 0 Å². The van der Waals surface area contributed by atoms with Gasteiger partial charge in [-0.1, -0.05) is 26.0 Å². The minimum Gasteiger partial charge on any atom is -0.371 e. The van der Waals surface area contributed by atoms with Gasteiger partial charge < -0.3 is 16.1 Å². The van der Waals surface area contributed by atoms with E-state index >= 15 is 0 Å². The van der Waals surface area contributed by atoms with Crippen molar-refractivity contribution in [3.8, 4) is 11.1 Å². The summed E-state index contributed by atoms with van der Waals surface area (Å²) in [6.45, 7) is 6.68. The van der Waals surface area contributed by atoms with Gasteiger partial charge in [0, 0.05) is 27.2 Å². The van der Waals surface area contributed by atoms with Crippen LogP contribution in [0.15, 0.2) is 18.2 Å². The smallest absolute Gasteiger partial charge is 0.160 e. The topological polar surface area (TPSA) is 57.2 Å². The molecule has 2 aromatic rings. The Labute approximate surface area is 150 Å². The molecule has 0 radical (unpaired) electrons. The third-order valence-electron chi connectivity index (χ3n) is 5.30. The van der Waals surface area contributed by atoms with Crippen molar-refractivity contribution in [2.24, 2.45) is 0 Å². The first-order chi connectivity index (χ1) is 12.2. The van der Waals surface area contributed by atoms with E-state index in [0.717, 1.165) is 30.3 Å². The maximum absolute atomic E-state index is 4.60. The Morgan fingerprint density at radius 2 is 1.92 bits per heavy atom. The van der Waals surface area contributed by atoms with E-state index in [1.54, 1.807) is 4.79 Å². The number of aryl methyl sites for hydroxylation is 1. The first kappa shape index (κ1) is 17.6. The first-order valence-corrected chi connectivity index (χ1v) is 9.21. The number of aromatic nitrogens is 2. The number of hydrogen-bond donors (Lipinski definition) is 3. The lowest BCUT2D eigenvalue weighted by Gasteiger charge is -2.27. The van der Waals surface area contributed by atoms with Gasteiger partial charge in [0.05, 0.1) is 5.56 Å². The molecule has 3 rings (SSSR count). The Bertz CT molecular complexity index is 732. The van der Waals surface area contributed by atoms with Crippen molar-refractivity contribution in [3.05, 3.63) is 29.3 Å². The summed E-state index contributed by atoms with van der Waals surface area (Å²) in [7, 11) is 5.72. The Kier molecular flexibility index (Phi) is 5.18. The summed E-state index contributed by atoms with van der Waals surface area (Å²) >= 11 is 0. The number of hydrogen-bond acceptors (Lipinski definition) is 5. The van der Waals surface area contributed by atoms with Crippen LogP contribution in [0.2, 0.25) is 0 Å². The van der Waals surface area contributed by atoms with Gasteiger partial charge >= 0.3 is 0 Å². The zero-order chi connectivity index (χ0) is 18.0.